The van der Waals surface area contributed by atoms with Crippen LogP contribution in [0.25, 0.3) is 6.08 Å². The van der Waals surface area contributed by atoms with Gasteiger partial charge in [-0.2, -0.15) is 0 Å². The highest BCUT2D eigenvalue weighted by molar-refractivity contribution is 6.15. The molecule has 0 saturated carbocycles. The van der Waals surface area contributed by atoms with Crippen molar-refractivity contribution in [1.82, 2.24) is 0 Å². The van der Waals surface area contributed by atoms with Crippen molar-refractivity contribution in [2.24, 2.45) is 0 Å². The predicted octanol–water partition coefficient (Wildman–Crippen LogP) is 3.95. The van der Waals surface area contributed by atoms with Gasteiger partial charge in [-0.3, -0.25) is 19.3 Å². The third-order valence-corrected chi connectivity index (χ3v) is 5.22. The molecule has 4 rings (SSSR count). The molecule has 0 saturated heterocycles. The van der Waals surface area contributed by atoms with Gasteiger partial charge in [0, 0.05) is 23.4 Å². The molecule has 3 amide bonds. The van der Waals surface area contributed by atoms with Crippen LogP contribution < -0.4 is 25.0 Å². The third-order valence-electron chi connectivity index (χ3n) is 5.22. The highest BCUT2D eigenvalue weighted by Gasteiger charge is 2.27. The van der Waals surface area contributed by atoms with E-state index in [1.54, 1.807) is 81.0 Å². The van der Waals surface area contributed by atoms with Crippen molar-refractivity contribution in [3.8, 4) is 11.5 Å². The minimum absolute atomic E-state index is 0.0613. The lowest BCUT2D eigenvalue weighted by atomic mass is 10.1. The maximum atomic E-state index is 13.0. The topological polar surface area (TPSA) is 97.0 Å². The van der Waals surface area contributed by atoms with Crippen molar-refractivity contribution in [3.05, 3.63) is 83.9 Å². The average molecular weight is 457 g/mol. The monoisotopic (exact) mass is 457 g/mol. The van der Waals surface area contributed by atoms with E-state index in [0.717, 1.165) is 5.56 Å². The van der Waals surface area contributed by atoms with Crippen LogP contribution in [-0.2, 0) is 9.59 Å². The quantitative estimate of drug-likeness (QED) is 0.547. The van der Waals surface area contributed by atoms with Crippen molar-refractivity contribution in [1.29, 1.82) is 0 Å². The molecule has 0 radical (unpaired) electrons. The predicted molar refractivity (Wildman–Crippen MR) is 130 cm³/mol. The van der Waals surface area contributed by atoms with Gasteiger partial charge in [-0.1, -0.05) is 12.1 Å². The number of amides is 3. The Morgan fingerprint density at radius 2 is 1.65 bits per heavy atom. The molecule has 0 aliphatic carbocycles. The second-order valence-electron chi connectivity index (χ2n) is 7.50. The summed E-state index contributed by atoms with van der Waals surface area (Å²) in [6.07, 6.45) is 3.05. The Hall–Kier alpha value is -4.59. The highest BCUT2D eigenvalue weighted by atomic mass is 16.5. The Kier molecular flexibility index (Phi) is 6.59. The Balaban J connectivity index is 1.43. The zero-order valence-corrected chi connectivity index (χ0v) is 18.7. The van der Waals surface area contributed by atoms with E-state index in [2.05, 4.69) is 10.6 Å². The molecule has 34 heavy (non-hydrogen) atoms. The van der Waals surface area contributed by atoms with Gasteiger partial charge in [-0.05, 0) is 60.2 Å². The van der Waals surface area contributed by atoms with Crippen molar-refractivity contribution in [2.45, 2.75) is 0 Å². The number of anilines is 3. The van der Waals surface area contributed by atoms with Crippen LogP contribution in [0.1, 0.15) is 15.9 Å². The smallest absolute Gasteiger partial charge is 0.258 e. The molecule has 0 aromatic heterocycles. The van der Waals surface area contributed by atoms with Gasteiger partial charge in [0.15, 0.2) is 0 Å². The standard InChI is InChI=1S/C26H23N3O5/c1-33-20-13-17(14-21(15-20)34-2)7-12-24(30)27-19-10-8-18(9-11-19)26(32)29-16-25(31)28-22-5-3-4-6-23(22)29/h3-15H,16H2,1-2H3,(H,27,30)(H,28,31)/b12-7+. The molecule has 172 valence electrons. The van der Waals surface area contributed by atoms with Crippen molar-refractivity contribution in [3.63, 3.8) is 0 Å². The van der Waals surface area contributed by atoms with E-state index in [0.29, 0.717) is 34.1 Å². The van der Waals surface area contributed by atoms with Gasteiger partial charge in [0.1, 0.15) is 18.0 Å². The van der Waals surface area contributed by atoms with Gasteiger partial charge in [0.05, 0.1) is 25.6 Å². The number of hydrogen-bond acceptors (Lipinski definition) is 5. The first-order valence-electron chi connectivity index (χ1n) is 10.5. The summed E-state index contributed by atoms with van der Waals surface area (Å²) in [4.78, 5) is 38.8. The van der Waals surface area contributed by atoms with E-state index in [1.807, 2.05) is 6.07 Å². The number of carbonyl (C=O) groups excluding carboxylic acids is 3. The van der Waals surface area contributed by atoms with Gasteiger partial charge < -0.3 is 20.1 Å². The molecule has 3 aromatic rings. The minimum atomic E-state index is -0.331. The molecule has 2 N–H and O–H groups in total. The second-order valence-corrected chi connectivity index (χ2v) is 7.50. The summed E-state index contributed by atoms with van der Waals surface area (Å²) in [6, 6.07) is 19.0. The fourth-order valence-corrected chi connectivity index (χ4v) is 3.55. The Morgan fingerprint density at radius 1 is 0.971 bits per heavy atom. The zero-order chi connectivity index (χ0) is 24.1. The molecule has 1 aliphatic rings. The molecular formula is C26H23N3O5. The first kappa shape index (κ1) is 22.6. The van der Waals surface area contributed by atoms with E-state index in [4.69, 9.17) is 9.47 Å². The number of carbonyl (C=O) groups is 3. The summed E-state index contributed by atoms with van der Waals surface area (Å²) < 4.78 is 10.5. The lowest BCUT2D eigenvalue weighted by Gasteiger charge is -2.29. The van der Waals surface area contributed by atoms with E-state index in [9.17, 15) is 14.4 Å². The van der Waals surface area contributed by atoms with Crippen LogP contribution in [0.15, 0.2) is 72.8 Å². The van der Waals surface area contributed by atoms with Gasteiger partial charge in [0.2, 0.25) is 11.8 Å². The van der Waals surface area contributed by atoms with E-state index in [-0.39, 0.29) is 24.3 Å². The lowest BCUT2D eigenvalue weighted by molar-refractivity contribution is -0.115. The number of nitrogens with one attached hydrogen (secondary N) is 2. The van der Waals surface area contributed by atoms with Crippen molar-refractivity contribution >= 4 is 40.9 Å². The van der Waals surface area contributed by atoms with Crippen LogP contribution in [0.5, 0.6) is 11.5 Å². The molecule has 0 atom stereocenters. The summed E-state index contributed by atoms with van der Waals surface area (Å²) in [6.45, 7) is -0.0613. The number of hydrogen-bond donors (Lipinski definition) is 2. The Bertz CT molecular complexity index is 1250. The number of fused-ring (bicyclic) bond motifs is 1. The van der Waals surface area contributed by atoms with Gasteiger partial charge in [-0.15, -0.1) is 0 Å². The van der Waals surface area contributed by atoms with Crippen LogP contribution >= 0.6 is 0 Å². The zero-order valence-electron chi connectivity index (χ0n) is 18.7. The summed E-state index contributed by atoms with van der Waals surface area (Å²) in [5.41, 5.74) is 2.92. The summed E-state index contributed by atoms with van der Waals surface area (Å²) in [5.74, 6) is 0.355. The number of para-hydroxylation sites is 2. The fourth-order valence-electron chi connectivity index (χ4n) is 3.55. The largest absolute Gasteiger partial charge is 0.497 e. The summed E-state index contributed by atoms with van der Waals surface area (Å²) in [7, 11) is 3.12. The van der Waals surface area contributed by atoms with Gasteiger partial charge >= 0.3 is 0 Å². The van der Waals surface area contributed by atoms with Crippen LogP contribution in [0, 0.1) is 0 Å². The molecule has 8 nitrogen and oxygen atoms in total. The summed E-state index contributed by atoms with van der Waals surface area (Å²) in [5, 5.41) is 5.52. The summed E-state index contributed by atoms with van der Waals surface area (Å²) >= 11 is 0. The van der Waals surface area contributed by atoms with E-state index in [1.165, 1.54) is 11.0 Å². The number of rotatable bonds is 6. The molecule has 1 aliphatic heterocycles. The van der Waals surface area contributed by atoms with E-state index < -0.39 is 0 Å². The molecule has 0 fully saturated rings. The van der Waals surface area contributed by atoms with Crippen LogP contribution in [0.4, 0.5) is 17.1 Å². The Morgan fingerprint density at radius 3 is 2.32 bits per heavy atom. The molecule has 3 aromatic carbocycles. The second kappa shape index (κ2) is 9.91. The molecular weight excluding hydrogens is 434 g/mol. The minimum Gasteiger partial charge on any atom is -0.497 e. The van der Waals surface area contributed by atoms with E-state index >= 15 is 0 Å². The highest BCUT2D eigenvalue weighted by Crippen LogP contribution is 2.30. The molecule has 1 heterocycles. The number of nitrogens with zero attached hydrogens (tertiary/aromatic N) is 1. The third kappa shape index (κ3) is 5.07. The van der Waals surface area contributed by atoms with Gasteiger partial charge in [-0.25, -0.2) is 0 Å². The van der Waals surface area contributed by atoms with Crippen LogP contribution in [0.2, 0.25) is 0 Å². The number of ether oxygens (including phenoxy) is 2. The Labute approximate surface area is 196 Å². The van der Waals surface area contributed by atoms with Crippen LogP contribution in [-0.4, -0.2) is 38.5 Å². The molecule has 0 spiro atoms. The van der Waals surface area contributed by atoms with Gasteiger partial charge in [0.25, 0.3) is 5.91 Å². The van der Waals surface area contributed by atoms with Crippen LogP contribution in [0.3, 0.4) is 0 Å². The number of benzene rings is 3. The molecule has 0 bridgehead atoms. The molecule has 8 heteroatoms. The maximum absolute atomic E-state index is 13.0. The lowest BCUT2D eigenvalue weighted by Crippen LogP contribution is -2.42. The maximum Gasteiger partial charge on any atom is 0.258 e. The van der Waals surface area contributed by atoms with Crippen molar-refractivity contribution in [2.75, 3.05) is 36.3 Å². The SMILES string of the molecule is COc1cc(/C=C/C(=O)Nc2ccc(C(=O)N3CC(=O)Nc4ccccc43)cc2)cc(OC)c1. The normalized spacial score (nSPS) is 12.6. The first-order chi connectivity index (χ1) is 16.5. The fraction of sp³-hybridized carbons (Fsp3) is 0.115. The number of methoxy groups -OCH3 is 2. The first-order valence-corrected chi connectivity index (χ1v) is 10.5. The average Bonchev–Trinajstić information content (AvgIpc) is 2.86. The van der Waals surface area contributed by atoms with Crippen molar-refractivity contribution < 1.29 is 23.9 Å². The molecule has 0 unspecified atom stereocenters.